The van der Waals surface area contributed by atoms with E-state index < -0.39 is 22.0 Å². The van der Waals surface area contributed by atoms with Crippen LogP contribution in [-0.2, 0) is 28.2 Å². The van der Waals surface area contributed by atoms with Gasteiger partial charge in [-0.1, -0.05) is 24.3 Å². The van der Waals surface area contributed by atoms with E-state index in [-0.39, 0.29) is 16.6 Å². The highest BCUT2D eigenvalue weighted by Crippen LogP contribution is 2.30. The van der Waals surface area contributed by atoms with Gasteiger partial charge >= 0.3 is 6.09 Å². The van der Waals surface area contributed by atoms with Crippen LogP contribution in [-0.4, -0.2) is 38.2 Å². The van der Waals surface area contributed by atoms with E-state index in [1.54, 1.807) is 30.3 Å². The number of nitrogens with zero attached hydrogens (tertiary/aromatic N) is 1. The number of aromatic nitrogens is 1. The molecule has 0 radical (unpaired) electrons. The molecule has 1 heterocycles. The Hall–Kier alpha value is -4.31. The second kappa shape index (κ2) is 11.4. The molecule has 1 aliphatic rings. The lowest BCUT2D eigenvalue weighted by Gasteiger charge is -2.13. The molecule has 0 aliphatic heterocycles. The number of rotatable bonds is 8. The molecule has 0 saturated heterocycles. The van der Waals surface area contributed by atoms with Crippen molar-refractivity contribution in [2.75, 3.05) is 12.4 Å². The van der Waals surface area contributed by atoms with E-state index in [9.17, 15) is 18.0 Å². The number of carbonyl (C=O) groups excluding carboxylic acids is 2. The largest absolute Gasteiger partial charge is 0.496 e. The Balaban J connectivity index is 1.35. The predicted octanol–water partition coefficient (Wildman–Crippen LogP) is 5.39. The molecule has 208 valence electrons. The molecule has 1 saturated carbocycles. The van der Waals surface area contributed by atoms with Crippen molar-refractivity contribution in [3.63, 3.8) is 0 Å². The highest BCUT2D eigenvalue weighted by Gasteiger charge is 2.21. The molecular weight excluding hydrogens is 530 g/mol. The summed E-state index contributed by atoms with van der Waals surface area (Å²) in [7, 11) is -0.557. The molecule has 0 atom stereocenters. The topological polar surface area (TPSA) is 116 Å². The Morgan fingerprint density at radius 2 is 1.73 bits per heavy atom. The molecule has 0 unspecified atom stereocenters. The van der Waals surface area contributed by atoms with E-state index in [2.05, 4.69) is 10.0 Å². The highest BCUT2D eigenvalue weighted by molar-refractivity contribution is 7.90. The third-order valence-electron chi connectivity index (χ3n) is 7.11. The Bertz CT molecular complexity index is 1660. The maximum absolute atomic E-state index is 12.8. The van der Waals surface area contributed by atoms with Crippen LogP contribution < -0.4 is 14.8 Å². The lowest BCUT2D eigenvalue weighted by atomic mass is 10.0. The van der Waals surface area contributed by atoms with Crippen LogP contribution in [0.5, 0.6) is 5.75 Å². The van der Waals surface area contributed by atoms with Crippen molar-refractivity contribution >= 4 is 38.6 Å². The van der Waals surface area contributed by atoms with Crippen molar-refractivity contribution in [3.8, 4) is 5.75 Å². The number of anilines is 1. The molecule has 1 fully saturated rings. The number of aryl methyl sites for hydroxylation is 1. The molecule has 1 aliphatic carbocycles. The summed E-state index contributed by atoms with van der Waals surface area (Å²) in [6.07, 6.45) is 6.00. The number of carbonyl (C=O) groups is 2. The van der Waals surface area contributed by atoms with Gasteiger partial charge in [-0.2, -0.15) is 0 Å². The molecule has 4 aromatic rings. The van der Waals surface area contributed by atoms with Gasteiger partial charge in [-0.05, 0) is 79.3 Å². The van der Waals surface area contributed by atoms with Crippen molar-refractivity contribution in [1.82, 2.24) is 9.29 Å². The first-order valence-corrected chi connectivity index (χ1v) is 14.6. The zero-order valence-corrected chi connectivity index (χ0v) is 23.2. The predicted molar refractivity (Wildman–Crippen MR) is 152 cm³/mol. The molecule has 9 nitrogen and oxygen atoms in total. The zero-order chi connectivity index (χ0) is 28.3. The summed E-state index contributed by atoms with van der Waals surface area (Å²) in [5, 5.41) is 3.80. The molecule has 3 aromatic carbocycles. The minimum atomic E-state index is -4.01. The van der Waals surface area contributed by atoms with Gasteiger partial charge in [-0.3, -0.25) is 10.1 Å². The second-order valence-electron chi connectivity index (χ2n) is 9.89. The highest BCUT2D eigenvalue weighted by atomic mass is 32.2. The third-order valence-corrected chi connectivity index (χ3v) is 8.45. The number of methoxy groups -OCH3 is 1. The maximum atomic E-state index is 12.8. The number of hydrogen-bond acceptors (Lipinski definition) is 6. The number of benzene rings is 3. The van der Waals surface area contributed by atoms with E-state index in [1.807, 2.05) is 36.0 Å². The van der Waals surface area contributed by atoms with Gasteiger partial charge in [0.25, 0.3) is 15.9 Å². The van der Waals surface area contributed by atoms with Gasteiger partial charge in [0.1, 0.15) is 11.9 Å². The summed E-state index contributed by atoms with van der Waals surface area (Å²) in [4.78, 5) is 25.2. The smallest absolute Gasteiger partial charge is 0.411 e. The minimum absolute atomic E-state index is 0.00329. The zero-order valence-electron chi connectivity index (χ0n) is 22.3. The first kappa shape index (κ1) is 27.3. The van der Waals surface area contributed by atoms with Crippen molar-refractivity contribution in [2.45, 2.75) is 43.1 Å². The van der Waals surface area contributed by atoms with Crippen LogP contribution in [0.3, 0.4) is 0 Å². The number of hydrogen-bond donors (Lipinski definition) is 2. The van der Waals surface area contributed by atoms with Gasteiger partial charge in [0.2, 0.25) is 0 Å². The lowest BCUT2D eigenvalue weighted by molar-refractivity contribution is 0.0980. The molecule has 10 heteroatoms. The van der Waals surface area contributed by atoms with Gasteiger partial charge < -0.3 is 14.0 Å². The van der Waals surface area contributed by atoms with Gasteiger partial charge in [-0.15, -0.1) is 0 Å². The van der Waals surface area contributed by atoms with Gasteiger partial charge in [0, 0.05) is 41.8 Å². The fourth-order valence-electron chi connectivity index (χ4n) is 5.07. The quantitative estimate of drug-likeness (QED) is 0.298. The van der Waals surface area contributed by atoms with Crippen LogP contribution in [0.1, 0.15) is 47.2 Å². The van der Waals surface area contributed by atoms with Crippen LogP contribution in [0, 0.1) is 0 Å². The monoisotopic (exact) mass is 561 g/mol. The van der Waals surface area contributed by atoms with Crippen LogP contribution in [0.2, 0.25) is 0 Å². The number of sulfonamides is 1. The van der Waals surface area contributed by atoms with Crippen LogP contribution >= 0.6 is 0 Å². The first-order valence-electron chi connectivity index (χ1n) is 13.1. The average molecular weight is 562 g/mol. The average Bonchev–Trinajstić information content (AvgIpc) is 3.56. The van der Waals surface area contributed by atoms with Crippen LogP contribution in [0.4, 0.5) is 10.5 Å². The molecule has 2 N–H and O–H groups in total. The van der Waals surface area contributed by atoms with E-state index in [4.69, 9.17) is 9.47 Å². The molecule has 40 heavy (non-hydrogen) atoms. The van der Waals surface area contributed by atoms with E-state index in [0.29, 0.717) is 17.9 Å². The molecule has 2 amide bonds. The summed E-state index contributed by atoms with van der Waals surface area (Å²) < 4.78 is 40.4. The summed E-state index contributed by atoms with van der Waals surface area (Å²) in [6, 6.07) is 18.3. The summed E-state index contributed by atoms with van der Waals surface area (Å²) in [5.41, 5.74) is 3.60. The van der Waals surface area contributed by atoms with Crippen LogP contribution in [0.15, 0.2) is 77.8 Å². The Morgan fingerprint density at radius 3 is 2.45 bits per heavy atom. The number of fused-ring (bicyclic) bond motifs is 1. The third kappa shape index (κ3) is 5.96. The number of amides is 2. The minimum Gasteiger partial charge on any atom is -0.496 e. The van der Waals surface area contributed by atoms with Gasteiger partial charge in [0.05, 0.1) is 12.0 Å². The standard InChI is InChI=1S/C30H31N3O6S/c1-33-19-22(26-18-23(14-15-27(26)33)31-30(35)39-24-8-6-7-9-24)16-20-12-13-21(17-28(20)38-2)29(34)32-40(36,37)25-10-4-3-5-11-25/h3-5,10-15,17-19,24H,6-9,16H2,1-2H3,(H,31,35)(H,32,34). The van der Waals surface area contributed by atoms with Crippen molar-refractivity contribution < 1.29 is 27.5 Å². The molecular formula is C30H31N3O6S. The molecule has 0 spiro atoms. The lowest BCUT2D eigenvalue weighted by Crippen LogP contribution is -2.30. The van der Waals surface area contributed by atoms with Crippen molar-refractivity contribution in [3.05, 3.63) is 89.6 Å². The Kier molecular flexibility index (Phi) is 7.79. The summed E-state index contributed by atoms with van der Waals surface area (Å²) in [5.74, 6) is -0.296. The van der Waals surface area contributed by atoms with E-state index in [0.717, 1.165) is 47.7 Å². The maximum Gasteiger partial charge on any atom is 0.411 e. The summed E-state index contributed by atoms with van der Waals surface area (Å²) >= 11 is 0. The van der Waals surface area contributed by atoms with E-state index in [1.165, 1.54) is 25.3 Å². The Morgan fingerprint density at radius 1 is 0.975 bits per heavy atom. The second-order valence-corrected chi connectivity index (χ2v) is 11.6. The number of ether oxygens (including phenoxy) is 2. The van der Waals surface area contributed by atoms with Gasteiger partial charge in [-0.25, -0.2) is 17.9 Å². The molecule has 0 bridgehead atoms. The Labute approximate surface area is 233 Å². The fraction of sp³-hybridized carbons (Fsp3) is 0.267. The first-order chi connectivity index (χ1) is 19.2. The SMILES string of the molecule is COc1cc(C(=O)NS(=O)(=O)c2ccccc2)ccc1Cc1cn(C)c2ccc(NC(=O)OC3CCCC3)cc12. The summed E-state index contributed by atoms with van der Waals surface area (Å²) in [6.45, 7) is 0. The van der Waals surface area contributed by atoms with E-state index >= 15 is 0 Å². The number of nitrogens with one attached hydrogen (secondary N) is 2. The van der Waals surface area contributed by atoms with Crippen molar-refractivity contribution in [1.29, 1.82) is 0 Å². The van der Waals surface area contributed by atoms with Gasteiger partial charge in [0.15, 0.2) is 0 Å². The normalized spacial score (nSPS) is 13.8. The fourth-order valence-corrected chi connectivity index (χ4v) is 6.07. The van der Waals surface area contributed by atoms with Crippen LogP contribution in [0.25, 0.3) is 10.9 Å². The molecule has 5 rings (SSSR count). The molecule has 1 aromatic heterocycles. The van der Waals surface area contributed by atoms with Crippen molar-refractivity contribution in [2.24, 2.45) is 7.05 Å².